The molecular formula is C28H23N5O4S. The third-order valence-electron chi connectivity index (χ3n) is 5.92. The van der Waals surface area contributed by atoms with Crippen LogP contribution in [0.15, 0.2) is 54.0 Å². The average molecular weight is 526 g/mol. The quantitative estimate of drug-likeness (QED) is 0.397. The monoisotopic (exact) mass is 525 g/mol. The maximum atomic E-state index is 13.2. The minimum Gasteiger partial charge on any atom is -0.489 e. The summed E-state index contributed by atoms with van der Waals surface area (Å²) in [5, 5.41) is 23.6. The highest BCUT2D eigenvalue weighted by atomic mass is 32.1. The maximum Gasteiger partial charge on any atom is 0.272 e. The number of fused-ring (bicyclic) bond motifs is 2. The van der Waals surface area contributed by atoms with Crippen molar-refractivity contribution in [1.29, 1.82) is 5.26 Å². The number of amides is 2. The Bertz CT molecular complexity index is 1660. The number of aromatic nitrogens is 2. The molecule has 2 aromatic carbocycles. The van der Waals surface area contributed by atoms with Gasteiger partial charge in [-0.05, 0) is 49.7 Å². The van der Waals surface area contributed by atoms with Crippen LogP contribution in [0, 0.1) is 23.2 Å². The Kier molecular flexibility index (Phi) is 6.37. The smallest absolute Gasteiger partial charge is 0.272 e. The summed E-state index contributed by atoms with van der Waals surface area (Å²) in [5.41, 5.74) is 2.45. The van der Waals surface area contributed by atoms with E-state index in [0.717, 1.165) is 11.3 Å². The summed E-state index contributed by atoms with van der Waals surface area (Å²) in [7, 11) is 1.61. The summed E-state index contributed by atoms with van der Waals surface area (Å²) in [6.07, 6.45) is 1.63. The highest BCUT2D eigenvalue weighted by Crippen LogP contribution is 2.32. The zero-order valence-electron chi connectivity index (χ0n) is 20.8. The van der Waals surface area contributed by atoms with Gasteiger partial charge in [-0.2, -0.15) is 5.26 Å². The lowest BCUT2D eigenvalue weighted by molar-refractivity contribution is -0.120. The summed E-state index contributed by atoms with van der Waals surface area (Å²) < 4.78 is 7.67. The van der Waals surface area contributed by atoms with Crippen molar-refractivity contribution in [3.8, 4) is 34.9 Å². The van der Waals surface area contributed by atoms with Crippen LogP contribution in [0.25, 0.3) is 16.2 Å². The predicted molar refractivity (Wildman–Crippen MR) is 143 cm³/mol. The Balaban J connectivity index is 1.35. The van der Waals surface area contributed by atoms with Crippen molar-refractivity contribution in [2.45, 2.75) is 25.5 Å². The van der Waals surface area contributed by atoms with Gasteiger partial charge in [-0.15, -0.1) is 11.3 Å². The van der Waals surface area contributed by atoms with Crippen LogP contribution in [0.2, 0.25) is 0 Å². The van der Waals surface area contributed by atoms with Crippen LogP contribution in [0.1, 0.15) is 35.5 Å². The molecule has 9 nitrogen and oxygen atoms in total. The number of likely N-dealkylation sites (N-methyl/N-ethyl adjacent to an activating group) is 1. The molecule has 1 aliphatic heterocycles. The van der Waals surface area contributed by atoms with E-state index in [1.165, 1.54) is 16.2 Å². The Labute approximate surface area is 222 Å². The topological polar surface area (TPSA) is 120 Å². The first-order valence-corrected chi connectivity index (χ1v) is 12.6. The van der Waals surface area contributed by atoms with Crippen LogP contribution in [-0.2, 0) is 4.79 Å². The molecule has 0 aliphatic carbocycles. The van der Waals surface area contributed by atoms with E-state index in [1.807, 2.05) is 21.9 Å². The molecule has 0 bridgehead atoms. The van der Waals surface area contributed by atoms with Gasteiger partial charge in [0, 0.05) is 24.2 Å². The van der Waals surface area contributed by atoms with Gasteiger partial charge < -0.3 is 20.1 Å². The number of benzene rings is 2. The number of nitriles is 1. The predicted octanol–water partition coefficient (Wildman–Crippen LogP) is 3.21. The molecule has 3 heterocycles. The second-order valence-electron chi connectivity index (χ2n) is 9.31. The number of carbonyl (C=O) groups is 2. The first-order valence-electron chi connectivity index (χ1n) is 11.7. The SMILES string of the molecule is CN1C(=O)[C@@H](NC(=O)c2cn3c(-c4ccc(C#N)cc4)csc3n2)COc2ccc(C#CC(C)(C)O)cc21. The Morgan fingerprint density at radius 1 is 1.24 bits per heavy atom. The minimum absolute atomic E-state index is 0.0463. The molecule has 0 saturated carbocycles. The van der Waals surface area contributed by atoms with Crippen LogP contribution in [-0.4, -0.2) is 51.6 Å². The number of anilines is 1. The number of imidazole rings is 1. The fraction of sp³-hybridized carbons (Fsp3) is 0.214. The Morgan fingerprint density at radius 2 is 1.97 bits per heavy atom. The van der Waals surface area contributed by atoms with Crippen molar-refractivity contribution in [3.63, 3.8) is 0 Å². The van der Waals surface area contributed by atoms with Crippen molar-refractivity contribution >= 4 is 33.8 Å². The highest BCUT2D eigenvalue weighted by molar-refractivity contribution is 7.15. The van der Waals surface area contributed by atoms with Gasteiger partial charge in [-0.1, -0.05) is 24.0 Å². The summed E-state index contributed by atoms with van der Waals surface area (Å²) in [6.45, 7) is 3.13. The van der Waals surface area contributed by atoms with Crippen LogP contribution < -0.4 is 15.0 Å². The van der Waals surface area contributed by atoms with E-state index < -0.39 is 17.6 Å². The van der Waals surface area contributed by atoms with Gasteiger partial charge in [-0.25, -0.2) is 4.98 Å². The third-order valence-corrected chi connectivity index (χ3v) is 6.76. The molecule has 10 heteroatoms. The molecule has 0 spiro atoms. The van der Waals surface area contributed by atoms with E-state index >= 15 is 0 Å². The number of rotatable bonds is 3. The van der Waals surface area contributed by atoms with Gasteiger partial charge in [-0.3, -0.25) is 14.0 Å². The summed E-state index contributed by atoms with van der Waals surface area (Å²) in [5.74, 6) is 5.30. The molecule has 2 aromatic heterocycles. The first kappa shape index (κ1) is 25.0. The summed E-state index contributed by atoms with van der Waals surface area (Å²) in [4.78, 5) is 32.8. The second-order valence-corrected chi connectivity index (χ2v) is 10.2. The normalized spacial score (nSPS) is 15.1. The van der Waals surface area contributed by atoms with Crippen LogP contribution in [0.4, 0.5) is 5.69 Å². The van der Waals surface area contributed by atoms with E-state index in [4.69, 9.17) is 10.00 Å². The zero-order valence-corrected chi connectivity index (χ0v) is 21.7. The van der Waals surface area contributed by atoms with Crippen molar-refractivity contribution in [2.24, 2.45) is 0 Å². The fourth-order valence-electron chi connectivity index (χ4n) is 3.95. The Hall–Kier alpha value is -4.64. The number of aliphatic hydroxyl groups is 1. The highest BCUT2D eigenvalue weighted by Gasteiger charge is 2.31. The van der Waals surface area contributed by atoms with E-state index in [9.17, 15) is 14.7 Å². The lowest BCUT2D eigenvalue weighted by Gasteiger charge is -2.20. The zero-order chi connectivity index (χ0) is 27.0. The van der Waals surface area contributed by atoms with E-state index in [-0.39, 0.29) is 18.2 Å². The number of hydrogen-bond donors (Lipinski definition) is 2. The molecule has 5 rings (SSSR count). The van der Waals surface area contributed by atoms with Crippen LogP contribution in [0.5, 0.6) is 5.75 Å². The van der Waals surface area contributed by atoms with Gasteiger partial charge in [0.05, 0.1) is 23.0 Å². The van der Waals surface area contributed by atoms with Gasteiger partial charge in [0.1, 0.15) is 29.7 Å². The van der Waals surface area contributed by atoms with E-state index in [0.29, 0.717) is 27.5 Å². The van der Waals surface area contributed by atoms with Gasteiger partial charge in [0.25, 0.3) is 11.8 Å². The average Bonchev–Trinajstić information content (AvgIpc) is 3.47. The molecule has 0 radical (unpaired) electrons. The lowest BCUT2D eigenvalue weighted by atomic mass is 10.1. The molecule has 1 atom stereocenters. The maximum absolute atomic E-state index is 13.2. The molecule has 38 heavy (non-hydrogen) atoms. The van der Waals surface area contributed by atoms with Gasteiger partial charge in [0.15, 0.2) is 4.96 Å². The van der Waals surface area contributed by atoms with E-state index in [1.54, 1.807) is 57.4 Å². The molecule has 2 amide bonds. The number of nitrogens with zero attached hydrogens (tertiary/aromatic N) is 4. The third kappa shape index (κ3) is 4.96. The molecule has 190 valence electrons. The molecular weight excluding hydrogens is 502 g/mol. The van der Waals surface area contributed by atoms with Crippen LogP contribution >= 0.6 is 11.3 Å². The number of nitrogens with one attached hydrogen (secondary N) is 1. The molecule has 1 aliphatic rings. The minimum atomic E-state index is -1.15. The first-order chi connectivity index (χ1) is 18.1. The summed E-state index contributed by atoms with van der Waals surface area (Å²) >= 11 is 1.39. The number of ether oxygens (including phenoxy) is 1. The van der Waals surface area contributed by atoms with Crippen molar-refractivity contribution < 1.29 is 19.4 Å². The molecule has 2 N–H and O–H groups in total. The Morgan fingerprint density at radius 3 is 2.68 bits per heavy atom. The van der Waals surface area contributed by atoms with Gasteiger partial charge >= 0.3 is 0 Å². The molecule has 0 saturated heterocycles. The van der Waals surface area contributed by atoms with Crippen molar-refractivity contribution in [3.05, 3.63) is 70.9 Å². The van der Waals surface area contributed by atoms with Crippen molar-refractivity contribution in [2.75, 3.05) is 18.6 Å². The molecule has 4 aromatic rings. The van der Waals surface area contributed by atoms with E-state index in [2.05, 4.69) is 28.2 Å². The lowest BCUT2D eigenvalue weighted by Crippen LogP contribution is -2.49. The molecule has 0 fully saturated rings. The number of thiazole rings is 1. The number of carbonyl (C=O) groups excluding carboxylic acids is 2. The largest absolute Gasteiger partial charge is 0.489 e. The number of hydrogen-bond acceptors (Lipinski definition) is 7. The molecule has 0 unspecified atom stereocenters. The summed E-state index contributed by atoms with van der Waals surface area (Å²) in [6, 6.07) is 13.5. The second kappa shape index (κ2) is 9.67. The van der Waals surface area contributed by atoms with Crippen LogP contribution in [0.3, 0.4) is 0 Å². The standard InChI is InChI=1S/C28H23N5O4S/c1-28(2,36)11-10-17-6-9-24-22(12-17)32(3)26(35)21(15-37-24)30-25(34)20-14-33-23(16-38-27(33)31-20)19-7-4-18(13-29)5-8-19/h4-9,12,14,16,21,36H,15H2,1-3H3,(H,30,34)/t21-/m0/s1. The van der Waals surface area contributed by atoms with Crippen molar-refractivity contribution in [1.82, 2.24) is 14.7 Å². The van der Waals surface area contributed by atoms with Gasteiger partial charge in [0.2, 0.25) is 0 Å². The fourth-order valence-corrected chi connectivity index (χ4v) is 4.84.